The first-order valence-electron chi connectivity index (χ1n) is 9.81. The quantitative estimate of drug-likeness (QED) is 0.636. The maximum atomic E-state index is 13.2. The average Bonchev–Trinajstić information content (AvgIpc) is 3.25. The Morgan fingerprint density at radius 1 is 1.03 bits per heavy atom. The van der Waals surface area contributed by atoms with E-state index in [0.717, 1.165) is 49.9 Å². The molecule has 0 amide bonds. The molecule has 0 spiro atoms. The number of nitrogens with zero attached hydrogens (tertiary/aromatic N) is 4. The summed E-state index contributed by atoms with van der Waals surface area (Å²) >= 11 is 0. The Kier molecular flexibility index (Phi) is 5.36. The van der Waals surface area contributed by atoms with Gasteiger partial charge in [0.1, 0.15) is 5.75 Å². The summed E-state index contributed by atoms with van der Waals surface area (Å²) in [7, 11) is 1.60. The number of alkyl halides is 3. The van der Waals surface area contributed by atoms with Gasteiger partial charge in [-0.15, -0.1) is 5.10 Å². The summed E-state index contributed by atoms with van der Waals surface area (Å²) < 4.78 is 46.5. The van der Waals surface area contributed by atoms with Crippen LogP contribution in [0.4, 0.5) is 18.9 Å². The van der Waals surface area contributed by atoms with E-state index in [2.05, 4.69) is 20.8 Å². The van der Waals surface area contributed by atoms with Crippen molar-refractivity contribution in [1.82, 2.24) is 20.2 Å². The Labute approximate surface area is 172 Å². The normalized spacial score (nSPS) is 16.3. The molecule has 1 N–H and O–H groups in total. The first kappa shape index (κ1) is 20.2. The van der Waals surface area contributed by atoms with Gasteiger partial charge in [0.25, 0.3) is 0 Å². The number of rotatable bonds is 5. The van der Waals surface area contributed by atoms with Crippen molar-refractivity contribution in [1.29, 1.82) is 0 Å². The van der Waals surface area contributed by atoms with Gasteiger partial charge in [-0.3, -0.25) is 0 Å². The molecule has 0 saturated heterocycles. The van der Waals surface area contributed by atoms with Crippen LogP contribution in [0.25, 0.3) is 5.69 Å². The minimum atomic E-state index is -4.44. The van der Waals surface area contributed by atoms with Gasteiger partial charge in [0.15, 0.2) is 5.82 Å². The van der Waals surface area contributed by atoms with Crippen molar-refractivity contribution in [3.8, 4) is 11.4 Å². The lowest BCUT2D eigenvalue weighted by Crippen LogP contribution is -2.40. The van der Waals surface area contributed by atoms with Crippen LogP contribution in [-0.2, 0) is 11.7 Å². The zero-order valence-electron chi connectivity index (χ0n) is 16.5. The number of ether oxygens (including phenoxy) is 1. The topological polar surface area (TPSA) is 64.9 Å². The third kappa shape index (κ3) is 3.83. The fourth-order valence-corrected chi connectivity index (χ4v) is 4.04. The summed E-state index contributed by atoms with van der Waals surface area (Å²) in [5.74, 6) is 1.17. The van der Waals surface area contributed by atoms with Gasteiger partial charge in [0.2, 0.25) is 0 Å². The second-order valence-corrected chi connectivity index (χ2v) is 7.43. The van der Waals surface area contributed by atoms with Crippen LogP contribution in [0.2, 0.25) is 0 Å². The minimum Gasteiger partial charge on any atom is -0.495 e. The molecular formula is C21H22F3N5O. The first-order chi connectivity index (χ1) is 14.4. The van der Waals surface area contributed by atoms with E-state index in [-0.39, 0.29) is 5.69 Å². The third-order valence-electron chi connectivity index (χ3n) is 5.50. The number of nitrogens with one attached hydrogen (secondary N) is 1. The highest BCUT2D eigenvalue weighted by Crippen LogP contribution is 2.41. The summed E-state index contributed by atoms with van der Waals surface area (Å²) in [6, 6.07) is 12.6. The highest BCUT2D eigenvalue weighted by atomic mass is 19.4. The molecule has 0 unspecified atom stereocenters. The van der Waals surface area contributed by atoms with E-state index in [1.165, 1.54) is 10.7 Å². The van der Waals surface area contributed by atoms with Crippen LogP contribution in [0, 0.1) is 0 Å². The van der Waals surface area contributed by atoms with Crippen molar-refractivity contribution in [2.24, 2.45) is 0 Å². The van der Waals surface area contributed by atoms with Crippen molar-refractivity contribution >= 4 is 5.69 Å². The molecule has 1 saturated carbocycles. The molecule has 0 bridgehead atoms. The fraction of sp³-hybridized carbons (Fsp3) is 0.381. The molecule has 9 heteroatoms. The van der Waals surface area contributed by atoms with E-state index in [4.69, 9.17) is 4.74 Å². The van der Waals surface area contributed by atoms with Crippen molar-refractivity contribution in [3.63, 3.8) is 0 Å². The van der Waals surface area contributed by atoms with Crippen LogP contribution in [0.15, 0.2) is 48.5 Å². The molecule has 1 fully saturated rings. The van der Waals surface area contributed by atoms with Crippen LogP contribution in [0.1, 0.15) is 43.5 Å². The molecular weight excluding hydrogens is 395 g/mol. The zero-order chi connectivity index (χ0) is 21.2. The lowest BCUT2D eigenvalue weighted by atomic mass is 9.80. The Morgan fingerprint density at radius 3 is 2.53 bits per heavy atom. The first-order valence-corrected chi connectivity index (χ1v) is 9.81. The van der Waals surface area contributed by atoms with E-state index in [0.29, 0.717) is 11.6 Å². The van der Waals surface area contributed by atoms with Crippen LogP contribution in [-0.4, -0.2) is 27.3 Å². The highest BCUT2D eigenvalue weighted by molar-refractivity contribution is 5.58. The second kappa shape index (κ2) is 7.97. The Hall–Kier alpha value is -3.10. The molecule has 30 heavy (non-hydrogen) atoms. The smallest absolute Gasteiger partial charge is 0.416 e. The molecule has 158 valence electrons. The summed E-state index contributed by atoms with van der Waals surface area (Å²) in [5.41, 5.74) is -0.293. The maximum absolute atomic E-state index is 13.2. The lowest BCUT2D eigenvalue weighted by Gasteiger charge is -2.38. The molecule has 1 aromatic heterocycles. The van der Waals surface area contributed by atoms with Crippen LogP contribution >= 0.6 is 0 Å². The summed E-state index contributed by atoms with van der Waals surface area (Å²) in [6.45, 7) is 0. The average molecular weight is 417 g/mol. The number of benzene rings is 2. The van der Waals surface area contributed by atoms with Crippen LogP contribution < -0.4 is 10.1 Å². The van der Waals surface area contributed by atoms with E-state index >= 15 is 0 Å². The number of methoxy groups -OCH3 is 1. The predicted molar refractivity (Wildman–Crippen MR) is 106 cm³/mol. The summed E-state index contributed by atoms with van der Waals surface area (Å²) in [6.07, 6.45) is 0.0623. The van der Waals surface area contributed by atoms with E-state index in [1.54, 1.807) is 13.2 Å². The van der Waals surface area contributed by atoms with Gasteiger partial charge in [0, 0.05) is 0 Å². The Morgan fingerprint density at radius 2 is 1.80 bits per heavy atom. The van der Waals surface area contributed by atoms with E-state index in [9.17, 15) is 13.2 Å². The standard InChI is InChI=1S/C21H22F3N5O/c1-30-18-11-4-3-10-17(18)25-20(12-5-2-6-13-20)19-26-27-28-29(19)16-9-7-8-15(14-16)21(22,23)24/h3-4,7-11,14,25H,2,5-6,12-13H2,1H3. The van der Waals surface area contributed by atoms with Crippen LogP contribution in [0.5, 0.6) is 5.75 Å². The van der Waals surface area contributed by atoms with Crippen molar-refractivity contribution in [2.45, 2.75) is 43.8 Å². The van der Waals surface area contributed by atoms with Gasteiger partial charge in [-0.25, -0.2) is 0 Å². The predicted octanol–water partition coefficient (Wildman–Crippen LogP) is 4.96. The summed E-state index contributed by atoms with van der Waals surface area (Å²) in [4.78, 5) is 0. The van der Waals surface area contributed by atoms with Gasteiger partial charge in [0.05, 0.1) is 29.6 Å². The number of tetrazole rings is 1. The number of hydrogen-bond donors (Lipinski definition) is 1. The van der Waals surface area contributed by atoms with Gasteiger partial charge < -0.3 is 10.1 Å². The molecule has 4 rings (SSSR count). The lowest BCUT2D eigenvalue weighted by molar-refractivity contribution is -0.137. The molecule has 0 radical (unpaired) electrons. The number of hydrogen-bond acceptors (Lipinski definition) is 5. The van der Waals surface area contributed by atoms with E-state index in [1.807, 2.05) is 24.3 Å². The third-order valence-corrected chi connectivity index (χ3v) is 5.50. The highest BCUT2D eigenvalue weighted by Gasteiger charge is 2.40. The van der Waals surface area contributed by atoms with E-state index < -0.39 is 17.3 Å². The molecule has 3 aromatic rings. The molecule has 6 nitrogen and oxygen atoms in total. The Bertz CT molecular complexity index is 1010. The summed E-state index contributed by atoms with van der Waals surface area (Å²) in [5, 5.41) is 15.6. The van der Waals surface area contributed by atoms with Crippen molar-refractivity contribution in [2.75, 3.05) is 12.4 Å². The molecule has 0 aliphatic heterocycles. The minimum absolute atomic E-state index is 0.275. The number of anilines is 1. The fourth-order valence-electron chi connectivity index (χ4n) is 4.04. The van der Waals surface area contributed by atoms with Crippen molar-refractivity contribution < 1.29 is 17.9 Å². The van der Waals surface area contributed by atoms with Gasteiger partial charge >= 0.3 is 6.18 Å². The molecule has 1 heterocycles. The number of halogens is 3. The maximum Gasteiger partial charge on any atom is 0.416 e. The molecule has 0 atom stereocenters. The van der Waals surface area contributed by atoms with Crippen molar-refractivity contribution in [3.05, 3.63) is 59.9 Å². The molecule has 2 aromatic carbocycles. The SMILES string of the molecule is COc1ccccc1NC1(c2nnnn2-c2cccc(C(F)(F)F)c2)CCCCC1. The molecule has 1 aliphatic carbocycles. The molecule has 1 aliphatic rings. The van der Waals surface area contributed by atoms with Gasteiger partial charge in [-0.05, 0) is 53.6 Å². The zero-order valence-corrected chi connectivity index (χ0v) is 16.5. The van der Waals surface area contributed by atoms with Gasteiger partial charge in [-0.2, -0.15) is 17.9 Å². The largest absolute Gasteiger partial charge is 0.495 e. The van der Waals surface area contributed by atoms with Crippen LogP contribution in [0.3, 0.4) is 0 Å². The second-order valence-electron chi connectivity index (χ2n) is 7.43. The number of aromatic nitrogens is 4. The van der Waals surface area contributed by atoms with Gasteiger partial charge in [-0.1, -0.05) is 37.5 Å². The monoisotopic (exact) mass is 417 g/mol. The Balaban J connectivity index is 1.78. The number of para-hydroxylation sites is 2.